The normalized spacial score (nSPS) is 25.9. The molecule has 3 heteroatoms. The minimum Gasteiger partial charge on any atom is -0.330 e. The zero-order chi connectivity index (χ0) is 10.0. The maximum Gasteiger partial charge on any atom is 0.128 e. The van der Waals surface area contributed by atoms with E-state index in [1.807, 2.05) is 12.1 Å². The Hall–Kier alpha value is -0.930. The Bertz CT molecular complexity index is 321. The summed E-state index contributed by atoms with van der Waals surface area (Å²) in [4.78, 5) is 0. The summed E-state index contributed by atoms with van der Waals surface area (Å²) in [6.07, 6.45) is 1.78. The fraction of sp³-hybridized carbons (Fsp3) is 0.455. The number of halogens is 1. The highest BCUT2D eigenvalue weighted by molar-refractivity contribution is 5.28. The van der Waals surface area contributed by atoms with Crippen molar-refractivity contribution in [2.24, 2.45) is 5.73 Å². The van der Waals surface area contributed by atoms with E-state index >= 15 is 0 Å². The summed E-state index contributed by atoms with van der Waals surface area (Å²) in [5.41, 5.74) is 6.12. The molecule has 0 aliphatic carbocycles. The van der Waals surface area contributed by atoms with Gasteiger partial charge in [-0.05, 0) is 32.0 Å². The summed E-state index contributed by atoms with van der Waals surface area (Å²) in [5.74, 6) is -0.131. The van der Waals surface area contributed by atoms with Gasteiger partial charge in [0.2, 0.25) is 0 Å². The van der Waals surface area contributed by atoms with Crippen LogP contribution in [0.5, 0.6) is 0 Å². The standard InChI is InChI=1S/C11H15FN2/c12-10-4-2-1-3-9(10)11(5-7-13)6-8-14-11/h1-4,14H,5-8,13H2. The molecule has 0 saturated carbocycles. The third kappa shape index (κ3) is 1.42. The third-order valence-electron chi connectivity index (χ3n) is 2.98. The maximum atomic E-state index is 13.5. The van der Waals surface area contributed by atoms with Crippen LogP contribution in [0.25, 0.3) is 0 Å². The van der Waals surface area contributed by atoms with Crippen LogP contribution >= 0.6 is 0 Å². The molecule has 1 fully saturated rings. The molecule has 0 spiro atoms. The predicted octanol–water partition coefficient (Wildman–Crippen LogP) is 1.36. The van der Waals surface area contributed by atoms with Crippen LogP contribution in [-0.2, 0) is 5.54 Å². The summed E-state index contributed by atoms with van der Waals surface area (Å²) >= 11 is 0. The fourth-order valence-corrected chi connectivity index (χ4v) is 2.10. The van der Waals surface area contributed by atoms with Gasteiger partial charge in [-0.3, -0.25) is 0 Å². The van der Waals surface area contributed by atoms with Crippen molar-refractivity contribution < 1.29 is 4.39 Å². The van der Waals surface area contributed by atoms with Crippen LogP contribution in [0.2, 0.25) is 0 Å². The Morgan fingerprint density at radius 2 is 2.14 bits per heavy atom. The van der Waals surface area contributed by atoms with Crippen molar-refractivity contribution in [3.05, 3.63) is 35.6 Å². The van der Waals surface area contributed by atoms with Gasteiger partial charge in [0.25, 0.3) is 0 Å². The first kappa shape index (κ1) is 9.62. The molecule has 1 saturated heterocycles. The average Bonchev–Trinajstić information content (AvgIpc) is 2.13. The summed E-state index contributed by atoms with van der Waals surface area (Å²) in [5, 5.41) is 3.30. The van der Waals surface area contributed by atoms with E-state index in [-0.39, 0.29) is 11.4 Å². The molecule has 2 rings (SSSR count). The number of nitrogens with two attached hydrogens (primary N) is 1. The van der Waals surface area contributed by atoms with E-state index in [9.17, 15) is 4.39 Å². The molecule has 1 aliphatic rings. The Morgan fingerprint density at radius 3 is 2.64 bits per heavy atom. The smallest absolute Gasteiger partial charge is 0.128 e. The number of hydrogen-bond donors (Lipinski definition) is 2. The van der Waals surface area contributed by atoms with Gasteiger partial charge in [0.1, 0.15) is 5.82 Å². The molecule has 1 atom stereocenters. The topological polar surface area (TPSA) is 38.0 Å². The zero-order valence-electron chi connectivity index (χ0n) is 8.09. The van der Waals surface area contributed by atoms with E-state index in [0.717, 1.165) is 24.9 Å². The van der Waals surface area contributed by atoms with E-state index in [0.29, 0.717) is 6.54 Å². The van der Waals surface area contributed by atoms with E-state index < -0.39 is 0 Å². The molecule has 3 N–H and O–H groups in total. The SMILES string of the molecule is NCCC1(c2ccccc2F)CCN1. The van der Waals surface area contributed by atoms with Crippen molar-refractivity contribution in [2.45, 2.75) is 18.4 Å². The molecule has 1 aromatic carbocycles. The highest BCUT2D eigenvalue weighted by Crippen LogP contribution is 2.35. The van der Waals surface area contributed by atoms with Crippen LogP contribution in [0.3, 0.4) is 0 Å². The quantitative estimate of drug-likeness (QED) is 0.762. The van der Waals surface area contributed by atoms with Crippen LogP contribution in [0, 0.1) is 5.82 Å². The lowest BCUT2D eigenvalue weighted by Crippen LogP contribution is -2.55. The Kier molecular flexibility index (Phi) is 2.52. The van der Waals surface area contributed by atoms with E-state index in [4.69, 9.17) is 5.73 Å². The fourth-order valence-electron chi connectivity index (χ4n) is 2.10. The van der Waals surface area contributed by atoms with Gasteiger partial charge in [-0.1, -0.05) is 18.2 Å². The average molecular weight is 194 g/mol. The van der Waals surface area contributed by atoms with Gasteiger partial charge in [0.15, 0.2) is 0 Å². The van der Waals surface area contributed by atoms with Gasteiger partial charge >= 0.3 is 0 Å². The molecule has 0 bridgehead atoms. The molecule has 14 heavy (non-hydrogen) atoms. The molecule has 1 aromatic rings. The van der Waals surface area contributed by atoms with Crippen LogP contribution in [0.1, 0.15) is 18.4 Å². The second kappa shape index (κ2) is 3.67. The maximum absolute atomic E-state index is 13.5. The molecule has 1 aliphatic heterocycles. The van der Waals surface area contributed by atoms with E-state index in [2.05, 4.69) is 5.32 Å². The van der Waals surface area contributed by atoms with Crippen molar-refractivity contribution >= 4 is 0 Å². The molecule has 2 nitrogen and oxygen atoms in total. The lowest BCUT2D eigenvalue weighted by atomic mass is 9.78. The minimum atomic E-state index is -0.194. The zero-order valence-corrected chi connectivity index (χ0v) is 8.09. The van der Waals surface area contributed by atoms with E-state index in [1.165, 1.54) is 6.07 Å². The van der Waals surface area contributed by atoms with Gasteiger partial charge in [-0.25, -0.2) is 4.39 Å². The monoisotopic (exact) mass is 194 g/mol. The Morgan fingerprint density at radius 1 is 1.43 bits per heavy atom. The molecular formula is C11H15FN2. The molecule has 0 amide bonds. The van der Waals surface area contributed by atoms with Crippen LogP contribution in [-0.4, -0.2) is 13.1 Å². The summed E-state index contributed by atoms with van der Waals surface area (Å²) in [6.45, 7) is 1.54. The molecule has 1 unspecified atom stereocenters. The van der Waals surface area contributed by atoms with Crippen molar-refractivity contribution in [3.63, 3.8) is 0 Å². The number of hydrogen-bond acceptors (Lipinski definition) is 2. The molecule has 76 valence electrons. The summed E-state index contributed by atoms with van der Waals surface area (Å²) in [7, 11) is 0. The van der Waals surface area contributed by atoms with Crippen LogP contribution in [0.4, 0.5) is 4.39 Å². The highest BCUT2D eigenvalue weighted by Gasteiger charge is 2.38. The van der Waals surface area contributed by atoms with Gasteiger partial charge in [-0.15, -0.1) is 0 Å². The third-order valence-corrected chi connectivity index (χ3v) is 2.98. The Balaban J connectivity index is 2.32. The number of nitrogens with one attached hydrogen (secondary N) is 1. The molecular weight excluding hydrogens is 179 g/mol. The number of benzene rings is 1. The lowest BCUT2D eigenvalue weighted by molar-refractivity contribution is 0.190. The minimum absolute atomic E-state index is 0.131. The lowest BCUT2D eigenvalue weighted by Gasteiger charge is -2.44. The van der Waals surface area contributed by atoms with Crippen molar-refractivity contribution in [3.8, 4) is 0 Å². The molecule has 0 radical (unpaired) electrons. The van der Waals surface area contributed by atoms with Crippen molar-refractivity contribution in [1.82, 2.24) is 5.32 Å². The summed E-state index contributed by atoms with van der Waals surface area (Å²) < 4.78 is 13.5. The first-order valence-corrected chi connectivity index (χ1v) is 4.99. The summed E-state index contributed by atoms with van der Waals surface area (Å²) in [6, 6.07) is 6.94. The highest BCUT2D eigenvalue weighted by atomic mass is 19.1. The van der Waals surface area contributed by atoms with Gasteiger partial charge in [-0.2, -0.15) is 0 Å². The molecule has 0 aromatic heterocycles. The van der Waals surface area contributed by atoms with Crippen molar-refractivity contribution in [1.29, 1.82) is 0 Å². The van der Waals surface area contributed by atoms with E-state index in [1.54, 1.807) is 6.07 Å². The first-order chi connectivity index (χ1) is 6.78. The molecule has 1 heterocycles. The van der Waals surface area contributed by atoms with Gasteiger partial charge < -0.3 is 11.1 Å². The van der Waals surface area contributed by atoms with Gasteiger partial charge in [0.05, 0.1) is 0 Å². The second-order valence-electron chi connectivity index (χ2n) is 3.78. The largest absolute Gasteiger partial charge is 0.330 e. The van der Waals surface area contributed by atoms with Crippen LogP contribution in [0.15, 0.2) is 24.3 Å². The second-order valence-corrected chi connectivity index (χ2v) is 3.78. The predicted molar refractivity (Wildman–Crippen MR) is 54.4 cm³/mol. The first-order valence-electron chi connectivity index (χ1n) is 4.99. The van der Waals surface area contributed by atoms with Crippen LogP contribution < -0.4 is 11.1 Å². The van der Waals surface area contributed by atoms with Gasteiger partial charge in [0, 0.05) is 11.1 Å². The Labute approximate surface area is 83.3 Å². The van der Waals surface area contributed by atoms with Crippen molar-refractivity contribution in [2.75, 3.05) is 13.1 Å². The number of rotatable bonds is 3.